The van der Waals surface area contributed by atoms with E-state index in [1.165, 1.54) is 0 Å². The van der Waals surface area contributed by atoms with E-state index in [0.29, 0.717) is 23.9 Å². The summed E-state index contributed by atoms with van der Waals surface area (Å²) in [6, 6.07) is 9.62. The highest BCUT2D eigenvalue weighted by molar-refractivity contribution is 6.32. The number of hydrogen-bond donors (Lipinski definition) is 0. The van der Waals surface area contributed by atoms with Crippen molar-refractivity contribution in [1.29, 1.82) is 0 Å². The number of hydrogen-bond acceptors (Lipinski definition) is 4. The Morgan fingerprint density at radius 1 is 1.26 bits per heavy atom. The molecule has 0 aromatic carbocycles. The number of carbonyl (C=O) groups is 1. The topological polar surface area (TPSA) is 49.3 Å². The maximum atomic E-state index is 12.5. The van der Waals surface area contributed by atoms with Crippen LogP contribution in [-0.4, -0.2) is 47.5 Å². The van der Waals surface area contributed by atoms with Crippen LogP contribution in [0.3, 0.4) is 0 Å². The van der Waals surface area contributed by atoms with Crippen molar-refractivity contribution in [3.63, 3.8) is 0 Å². The van der Waals surface area contributed by atoms with Gasteiger partial charge in [0.15, 0.2) is 0 Å². The smallest absolute Gasteiger partial charge is 0.222 e. The van der Waals surface area contributed by atoms with Crippen LogP contribution >= 0.6 is 11.6 Å². The van der Waals surface area contributed by atoms with Crippen molar-refractivity contribution in [2.75, 3.05) is 31.6 Å². The van der Waals surface area contributed by atoms with Crippen molar-refractivity contribution in [1.82, 2.24) is 14.9 Å². The van der Waals surface area contributed by atoms with E-state index in [1.54, 1.807) is 12.4 Å². The number of pyridine rings is 2. The maximum Gasteiger partial charge on any atom is 0.222 e. The number of likely N-dealkylation sites (N-methyl/N-ethyl adjacent to an activating group) is 1. The van der Waals surface area contributed by atoms with Gasteiger partial charge in [-0.25, -0.2) is 4.98 Å². The third-order valence-electron chi connectivity index (χ3n) is 5.18. The molecule has 1 aliphatic heterocycles. The first-order valence-electron chi connectivity index (χ1n) is 9.63. The average molecular weight is 387 g/mol. The molecule has 5 nitrogen and oxygen atoms in total. The van der Waals surface area contributed by atoms with E-state index in [1.807, 2.05) is 42.3 Å². The van der Waals surface area contributed by atoms with Gasteiger partial charge in [-0.1, -0.05) is 17.7 Å². The molecule has 0 aliphatic carbocycles. The molecule has 0 bridgehead atoms. The zero-order valence-electron chi connectivity index (χ0n) is 15.9. The van der Waals surface area contributed by atoms with Gasteiger partial charge in [0, 0.05) is 57.6 Å². The lowest BCUT2D eigenvalue weighted by Gasteiger charge is -2.34. The second kappa shape index (κ2) is 9.70. The van der Waals surface area contributed by atoms with Crippen molar-refractivity contribution in [2.24, 2.45) is 5.92 Å². The third kappa shape index (κ3) is 5.67. The van der Waals surface area contributed by atoms with E-state index in [0.717, 1.165) is 50.3 Å². The number of amides is 1. The Morgan fingerprint density at radius 2 is 2.11 bits per heavy atom. The molecule has 1 atom stereocenters. The lowest BCUT2D eigenvalue weighted by atomic mass is 9.93. The molecule has 0 spiro atoms. The van der Waals surface area contributed by atoms with E-state index in [-0.39, 0.29) is 5.91 Å². The highest BCUT2D eigenvalue weighted by Crippen LogP contribution is 2.29. The predicted octanol–water partition coefficient (Wildman–Crippen LogP) is 3.83. The van der Waals surface area contributed by atoms with Crippen LogP contribution in [0.4, 0.5) is 5.82 Å². The van der Waals surface area contributed by atoms with Crippen molar-refractivity contribution < 1.29 is 4.79 Å². The summed E-state index contributed by atoms with van der Waals surface area (Å²) >= 11 is 6.29. The van der Waals surface area contributed by atoms with Gasteiger partial charge in [-0.05, 0) is 49.4 Å². The lowest BCUT2D eigenvalue weighted by molar-refractivity contribution is -0.130. The van der Waals surface area contributed by atoms with Crippen molar-refractivity contribution >= 4 is 23.3 Å². The van der Waals surface area contributed by atoms with Gasteiger partial charge in [0.05, 0.1) is 5.02 Å². The van der Waals surface area contributed by atoms with Gasteiger partial charge in [-0.2, -0.15) is 0 Å². The Kier molecular flexibility index (Phi) is 7.04. The quantitative estimate of drug-likeness (QED) is 0.725. The van der Waals surface area contributed by atoms with Crippen molar-refractivity contribution in [3.05, 3.63) is 53.4 Å². The molecule has 2 aromatic heterocycles. The van der Waals surface area contributed by atoms with Crippen LogP contribution in [0.2, 0.25) is 5.02 Å². The van der Waals surface area contributed by atoms with E-state index < -0.39 is 0 Å². The number of anilines is 1. The van der Waals surface area contributed by atoms with Gasteiger partial charge in [0.2, 0.25) is 5.91 Å². The molecule has 3 heterocycles. The molecule has 1 saturated heterocycles. The molecule has 144 valence electrons. The number of carbonyl (C=O) groups excluding carboxylic acids is 1. The van der Waals surface area contributed by atoms with Gasteiger partial charge in [-0.3, -0.25) is 9.78 Å². The zero-order valence-corrected chi connectivity index (χ0v) is 16.6. The van der Waals surface area contributed by atoms with E-state index in [4.69, 9.17) is 11.6 Å². The van der Waals surface area contributed by atoms with E-state index in [9.17, 15) is 4.79 Å². The molecule has 2 aromatic rings. The van der Waals surface area contributed by atoms with Crippen LogP contribution in [-0.2, 0) is 11.2 Å². The lowest BCUT2D eigenvalue weighted by Crippen LogP contribution is -2.37. The largest absolute Gasteiger partial charge is 0.355 e. The minimum absolute atomic E-state index is 0.207. The summed E-state index contributed by atoms with van der Waals surface area (Å²) < 4.78 is 0. The summed E-state index contributed by atoms with van der Waals surface area (Å²) in [4.78, 5) is 25.3. The predicted molar refractivity (Wildman–Crippen MR) is 109 cm³/mol. The Balaban J connectivity index is 1.44. The highest BCUT2D eigenvalue weighted by Gasteiger charge is 2.23. The zero-order chi connectivity index (χ0) is 19.1. The number of piperidine rings is 1. The minimum atomic E-state index is 0.207. The normalized spacial score (nSPS) is 17.0. The molecule has 0 N–H and O–H groups in total. The van der Waals surface area contributed by atoms with E-state index in [2.05, 4.69) is 14.9 Å². The highest BCUT2D eigenvalue weighted by atomic mass is 35.5. The summed E-state index contributed by atoms with van der Waals surface area (Å²) in [5.74, 6) is 1.58. The summed E-state index contributed by atoms with van der Waals surface area (Å²) in [5.41, 5.74) is 1.02. The van der Waals surface area contributed by atoms with Crippen LogP contribution in [0.5, 0.6) is 0 Å². The van der Waals surface area contributed by atoms with Gasteiger partial charge in [-0.15, -0.1) is 0 Å². The summed E-state index contributed by atoms with van der Waals surface area (Å²) in [7, 11) is 1.88. The molecule has 0 radical (unpaired) electrons. The molecular formula is C21H27ClN4O. The molecule has 0 saturated carbocycles. The van der Waals surface area contributed by atoms with E-state index >= 15 is 0 Å². The number of rotatable bonds is 7. The fraction of sp³-hybridized carbons (Fsp3) is 0.476. The Bertz CT molecular complexity index is 740. The molecule has 1 aliphatic rings. The fourth-order valence-corrected chi connectivity index (χ4v) is 3.82. The Morgan fingerprint density at radius 3 is 2.89 bits per heavy atom. The minimum Gasteiger partial charge on any atom is -0.355 e. The van der Waals surface area contributed by atoms with Gasteiger partial charge >= 0.3 is 0 Å². The van der Waals surface area contributed by atoms with Crippen molar-refractivity contribution in [2.45, 2.75) is 32.1 Å². The molecule has 1 fully saturated rings. The molecule has 27 heavy (non-hydrogen) atoms. The first-order valence-corrected chi connectivity index (χ1v) is 10.0. The van der Waals surface area contributed by atoms with Crippen LogP contribution in [0.1, 0.15) is 31.4 Å². The average Bonchev–Trinajstić information content (AvgIpc) is 2.71. The summed E-state index contributed by atoms with van der Waals surface area (Å²) in [6.07, 6.45) is 8.14. The standard InChI is InChI=1S/C21H27ClN4O/c1-25(15-11-18-7-2-3-12-23-18)20(27)10-9-17-6-5-14-26(16-17)21-19(22)8-4-13-24-21/h2-4,7-8,12-13,17H,5-6,9-11,14-16H2,1H3. The fourth-order valence-electron chi connectivity index (χ4n) is 3.57. The monoisotopic (exact) mass is 386 g/mol. The molecular weight excluding hydrogens is 360 g/mol. The second-order valence-corrected chi connectivity index (χ2v) is 7.60. The maximum absolute atomic E-state index is 12.5. The van der Waals surface area contributed by atoms with Gasteiger partial charge in [0.25, 0.3) is 0 Å². The summed E-state index contributed by atoms with van der Waals surface area (Å²) in [6.45, 7) is 2.60. The van der Waals surface area contributed by atoms with Crippen molar-refractivity contribution in [3.8, 4) is 0 Å². The van der Waals surface area contributed by atoms with Crippen LogP contribution in [0.15, 0.2) is 42.7 Å². The summed E-state index contributed by atoms with van der Waals surface area (Å²) in [5, 5.41) is 0.698. The Labute approximate surface area is 166 Å². The molecule has 6 heteroatoms. The number of aromatic nitrogens is 2. The first kappa shape index (κ1) is 19.6. The molecule has 1 amide bonds. The van der Waals surface area contributed by atoms with Gasteiger partial charge < -0.3 is 9.80 Å². The SMILES string of the molecule is CN(CCc1ccccn1)C(=O)CCC1CCCN(c2ncccc2Cl)C1. The Hall–Kier alpha value is -2.14. The van der Waals surface area contributed by atoms with Crippen LogP contribution in [0.25, 0.3) is 0 Å². The van der Waals surface area contributed by atoms with Gasteiger partial charge in [0.1, 0.15) is 5.82 Å². The van der Waals surface area contributed by atoms with Crippen LogP contribution in [0, 0.1) is 5.92 Å². The molecule has 3 rings (SSSR count). The third-order valence-corrected chi connectivity index (χ3v) is 5.47. The van der Waals surface area contributed by atoms with Crippen LogP contribution < -0.4 is 4.90 Å². The number of halogens is 1. The second-order valence-electron chi connectivity index (χ2n) is 7.19. The first-order chi connectivity index (χ1) is 13.1. The molecule has 1 unspecified atom stereocenters. The number of nitrogens with zero attached hydrogens (tertiary/aromatic N) is 4.